The molecule has 1 rings (SSSR count). The number of carbonyl (C=O) groups is 1. The quantitative estimate of drug-likeness (QED) is 0.395. The zero-order valence-corrected chi connectivity index (χ0v) is 13.2. The third kappa shape index (κ3) is 6.65. The minimum absolute atomic E-state index is 0.0849. The Hall–Kier alpha value is -1.52. The Labute approximate surface area is 127 Å². The van der Waals surface area contributed by atoms with E-state index in [1.54, 1.807) is 6.92 Å². The third-order valence-corrected chi connectivity index (χ3v) is 3.36. The number of Topliss-reactive ketones (excluding diaryl/α,β-unsaturated/α-hetero) is 1. The molecule has 0 atom stereocenters. The van der Waals surface area contributed by atoms with Crippen LogP contribution in [-0.2, 0) is 0 Å². The van der Waals surface area contributed by atoms with Crippen LogP contribution >= 0.6 is 0 Å². The van der Waals surface area contributed by atoms with Gasteiger partial charge in [0.2, 0.25) is 0 Å². The van der Waals surface area contributed by atoms with Gasteiger partial charge in [0, 0.05) is 23.4 Å². The maximum absolute atomic E-state index is 11.6. The van der Waals surface area contributed by atoms with Gasteiger partial charge < -0.3 is 11.1 Å². The fraction of sp³-hybridized carbons (Fsp3) is 0.529. The number of ketones is 1. The van der Waals surface area contributed by atoms with E-state index in [2.05, 4.69) is 10.3 Å². The van der Waals surface area contributed by atoms with Crippen LogP contribution in [0.5, 0.6) is 0 Å². The van der Waals surface area contributed by atoms with Crippen molar-refractivity contribution >= 4 is 11.5 Å². The minimum Gasteiger partial charge on any atom is -0.330 e. The fourth-order valence-corrected chi connectivity index (χ4v) is 2.16. The van der Waals surface area contributed by atoms with E-state index < -0.39 is 0 Å². The van der Waals surface area contributed by atoms with Crippen LogP contribution < -0.4 is 11.1 Å². The van der Waals surface area contributed by atoms with Crippen LogP contribution in [0, 0.1) is 0 Å². The minimum atomic E-state index is 0.0849. The number of carbonyl (C=O) groups excluding carboxylic acids is 1. The number of nitrogens with zero attached hydrogens (tertiary/aromatic N) is 1. The predicted molar refractivity (Wildman–Crippen MR) is 89.3 cm³/mol. The highest BCUT2D eigenvalue weighted by Gasteiger charge is 2.07. The van der Waals surface area contributed by atoms with Crippen LogP contribution in [0.4, 0.5) is 0 Å². The molecule has 1 aromatic rings. The summed E-state index contributed by atoms with van der Waals surface area (Å²) in [5.74, 6) is 0.0849. The van der Waals surface area contributed by atoms with Crippen LogP contribution in [0.15, 0.2) is 29.3 Å². The number of nitrogens with one attached hydrogen (secondary N) is 1. The molecule has 0 saturated heterocycles. The topological polar surface area (TPSA) is 67.5 Å². The summed E-state index contributed by atoms with van der Waals surface area (Å²) in [6, 6.07) is 7.65. The number of hydrogen-bond donors (Lipinski definition) is 2. The van der Waals surface area contributed by atoms with E-state index in [0.29, 0.717) is 0 Å². The van der Waals surface area contributed by atoms with Gasteiger partial charge in [-0.05, 0) is 52.7 Å². The first-order chi connectivity index (χ1) is 10.2. The number of aliphatic imine (C=N–C) groups is 1. The van der Waals surface area contributed by atoms with Gasteiger partial charge in [0.05, 0.1) is 0 Å². The van der Waals surface area contributed by atoms with Crippen molar-refractivity contribution < 1.29 is 4.79 Å². The number of hydrogen-bond acceptors (Lipinski definition) is 4. The van der Waals surface area contributed by atoms with E-state index in [9.17, 15) is 4.79 Å². The Bertz CT molecular complexity index is 469. The summed E-state index contributed by atoms with van der Waals surface area (Å²) in [5.41, 5.74) is 8.07. The summed E-state index contributed by atoms with van der Waals surface area (Å²) in [4.78, 5) is 16.2. The zero-order valence-electron chi connectivity index (χ0n) is 13.2. The van der Waals surface area contributed by atoms with Crippen molar-refractivity contribution in [1.29, 1.82) is 0 Å². The molecule has 4 nitrogen and oxygen atoms in total. The van der Waals surface area contributed by atoms with E-state index in [1.807, 2.05) is 31.2 Å². The van der Waals surface area contributed by atoms with Gasteiger partial charge in [-0.25, -0.2) is 0 Å². The first-order valence-electron chi connectivity index (χ1n) is 7.69. The summed E-state index contributed by atoms with van der Waals surface area (Å²) in [7, 11) is 0. The first-order valence-corrected chi connectivity index (χ1v) is 7.69. The summed E-state index contributed by atoms with van der Waals surface area (Å²) >= 11 is 0. The Balaban J connectivity index is 2.38. The van der Waals surface area contributed by atoms with Gasteiger partial charge in [0.15, 0.2) is 5.78 Å². The molecule has 0 heterocycles. The van der Waals surface area contributed by atoms with Crippen LogP contribution in [0.25, 0.3) is 0 Å². The van der Waals surface area contributed by atoms with Crippen molar-refractivity contribution in [2.45, 2.75) is 33.1 Å². The Kier molecular flexibility index (Phi) is 8.55. The molecular weight excluding hydrogens is 262 g/mol. The highest BCUT2D eigenvalue weighted by molar-refractivity contribution is 6.09. The van der Waals surface area contributed by atoms with Gasteiger partial charge in [-0.3, -0.25) is 9.79 Å². The molecule has 0 aliphatic heterocycles. The molecule has 0 aromatic heterocycles. The third-order valence-electron chi connectivity index (χ3n) is 3.36. The lowest BCUT2D eigenvalue weighted by atomic mass is 10.0. The first kappa shape index (κ1) is 17.5. The van der Waals surface area contributed by atoms with E-state index in [4.69, 9.17) is 5.73 Å². The highest BCUT2D eigenvalue weighted by Crippen LogP contribution is 2.11. The fourth-order valence-electron chi connectivity index (χ4n) is 2.16. The molecule has 1 aromatic carbocycles. The molecule has 3 N–H and O–H groups in total. The zero-order chi connectivity index (χ0) is 15.5. The molecule has 0 aliphatic carbocycles. The van der Waals surface area contributed by atoms with Crippen molar-refractivity contribution in [1.82, 2.24) is 5.32 Å². The average Bonchev–Trinajstić information content (AvgIpc) is 2.49. The second kappa shape index (κ2) is 10.2. The van der Waals surface area contributed by atoms with Crippen LogP contribution in [0.3, 0.4) is 0 Å². The lowest BCUT2D eigenvalue weighted by Crippen LogP contribution is -2.18. The molecule has 0 saturated carbocycles. The molecule has 0 spiro atoms. The summed E-state index contributed by atoms with van der Waals surface area (Å²) in [5, 5.41) is 3.38. The van der Waals surface area contributed by atoms with Crippen molar-refractivity contribution in [3.8, 4) is 0 Å². The number of benzene rings is 1. The predicted octanol–water partition coefficient (Wildman–Crippen LogP) is 2.42. The molecular formula is C17H27N3O. The maximum atomic E-state index is 11.6. The Morgan fingerprint density at radius 1 is 1.10 bits per heavy atom. The lowest BCUT2D eigenvalue weighted by Gasteiger charge is -2.07. The smallest absolute Gasteiger partial charge is 0.160 e. The van der Waals surface area contributed by atoms with Crippen LogP contribution in [0.1, 0.15) is 49.0 Å². The van der Waals surface area contributed by atoms with Gasteiger partial charge >= 0.3 is 0 Å². The Morgan fingerprint density at radius 2 is 1.76 bits per heavy atom. The van der Waals surface area contributed by atoms with Crippen molar-refractivity contribution in [2.75, 3.05) is 26.2 Å². The van der Waals surface area contributed by atoms with Gasteiger partial charge in [-0.15, -0.1) is 0 Å². The van der Waals surface area contributed by atoms with Crippen molar-refractivity contribution in [3.05, 3.63) is 35.4 Å². The highest BCUT2D eigenvalue weighted by atomic mass is 16.1. The molecule has 0 bridgehead atoms. The van der Waals surface area contributed by atoms with Crippen molar-refractivity contribution in [3.63, 3.8) is 0 Å². The molecule has 4 heteroatoms. The SMILES string of the molecule is CC(=O)c1ccccc1C(C)=NCCCNCCCCN. The second-order valence-corrected chi connectivity index (χ2v) is 5.17. The number of rotatable bonds is 10. The normalized spacial score (nSPS) is 11.7. The van der Waals surface area contributed by atoms with E-state index in [0.717, 1.165) is 62.3 Å². The Morgan fingerprint density at radius 3 is 2.43 bits per heavy atom. The standard InChI is InChI=1S/C17H27N3O/c1-14(16-8-3-4-9-17(16)15(2)21)20-13-7-12-19-11-6-5-10-18/h3-4,8-9,19H,5-7,10-13,18H2,1-2H3. The van der Waals surface area contributed by atoms with Crippen LogP contribution in [0.2, 0.25) is 0 Å². The second-order valence-electron chi connectivity index (χ2n) is 5.17. The number of unbranched alkanes of at least 4 members (excludes halogenated alkanes) is 1. The molecule has 0 aliphatic rings. The molecule has 0 radical (unpaired) electrons. The van der Waals surface area contributed by atoms with Crippen molar-refractivity contribution in [2.24, 2.45) is 10.7 Å². The van der Waals surface area contributed by atoms with E-state index >= 15 is 0 Å². The van der Waals surface area contributed by atoms with E-state index in [-0.39, 0.29) is 5.78 Å². The lowest BCUT2D eigenvalue weighted by molar-refractivity contribution is 0.101. The molecule has 116 valence electrons. The van der Waals surface area contributed by atoms with Gasteiger partial charge in [-0.2, -0.15) is 0 Å². The molecule has 0 fully saturated rings. The summed E-state index contributed by atoms with van der Waals surface area (Å²) in [6.45, 7) is 7.10. The largest absolute Gasteiger partial charge is 0.330 e. The van der Waals surface area contributed by atoms with E-state index in [1.165, 1.54) is 0 Å². The molecule has 0 unspecified atom stereocenters. The summed E-state index contributed by atoms with van der Waals surface area (Å²) < 4.78 is 0. The van der Waals surface area contributed by atoms with Gasteiger partial charge in [0.1, 0.15) is 0 Å². The molecule has 0 amide bonds. The maximum Gasteiger partial charge on any atom is 0.160 e. The molecule has 21 heavy (non-hydrogen) atoms. The van der Waals surface area contributed by atoms with Gasteiger partial charge in [-0.1, -0.05) is 24.3 Å². The summed E-state index contributed by atoms with van der Waals surface area (Å²) in [6.07, 6.45) is 3.21. The van der Waals surface area contributed by atoms with Crippen LogP contribution in [-0.4, -0.2) is 37.7 Å². The average molecular weight is 289 g/mol. The number of nitrogens with two attached hydrogens (primary N) is 1. The van der Waals surface area contributed by atoms with Gasteiger partial charge in [0.25, 0.3) is 0 Å². The monoisotopic (exact) mass is 289 g/mol.